The van der Waals surface area contributed by atoms with Crippen LogP contribution in [0.15, 0.2) is 30.5 Å². The summed E-state index contributed by atoms with van der Waals surface area (Å²) in [6, 6.07) is 7.25. The number of carbonyl (C=O) groups is 1. The van der Waals surface area contributed by atoms with Crippen LogP contribution in [0.4, 0.5) is 0 Å². The molecule has 0 spiro atoms. The molecule has 3 unspecified atom stereocenters. The third-order valence-corrected chi connectivity index (χ3v) is 6.60. The first-order valence-corrected chi connectivity index (χ1v) is 10.9. The number of likely N-dealkylation sites (tertiary alicyclic amines) is 1. The van der Waals surface area contributed by atoms with Crippen molar-refractivity contribution >= 4 is 15.7 Å². The average Bonchev–Trinajstić information content (AvgIpc) is 3.09. The second-order valence-electron chi connectivity index (χ2n) is 7.21. The molecule has 1 fully saturated rings. The van der Waals surface area contributed by atoms with Gasteiger partial charge in [0.25, 0.3) is 0 Å². The fourth-order valence-electron chi connectivity index (χ4n) is 3.34. The van der Waals surface area contributed by atoms with Crippen LogP contribution in [0.25, 0.3) is 11.3 Å². The van der Waals surface area contributed by atoms with Crippen LogP contribution >= 0.6 is 0 Å². The number of hydrogen-bond donors (Lipinski definition) is 2. The molecule has 1 amide bonds. The molecule has 1 aliphatic rings. The number of aliphatic hydroxyl groups is 1. The highest BCUT2D eigenvalue weighted by molar-refractivity contribution is 7.92. The van der Waals surface area contributed by atoms with Crippen molar-refractivity contribution in [2.75, 3.05) is 12.8 Å². The van der Waals surface area contributed by atoms with E-state index in [2.05, 4.69) is 9.97 Å². The number of imidazole rings is 1. The normalized spacial score (nSPS) is 21.9. The lowest BCUT2D eigenvalue weighted by Crippen LogP contribution is -2.50. The third kappa shape index (κ3) is 4.06. The Bertz CT molecular complexity index is 921. The van der Waals surface area contributed by atoms with E-state index in [0.717, 1.165) is 23.1 Å². The molecule has 0 bridgehead atoms. The van der Waals surface area contributed by atoms with Crippen LogP contribution in [0, 0.1) is 6.92 Å². The maximum atomic E-state index is 12.8. The van der Waals surface area contributed by atoms with Gasteiger partial charge in [-0.25, -0.2) is 13.4 Å². The second-order valence-corrected chi connectivity index (χ2v) is 9.57. The zero-order valence-electron chi connectivity index (χ0n) is 15.7. The molecular weight excluding hydrogens is 366 g/mol. The van der Waals surface area contributed by atoms with Crippen molar-refractivity contribution in [2.24, 2.45) is 0 Å². The number of carbonyl (C=O) groups excluding carboxylic acids is 1. The van der Waals surface area contributed by atoms with Gasteiger partial charge in [-0.05, 0) is 32.3 Å². The van der Waals surface area contributed by atoms with Crippen LogP contribution in [-0.2, 0) is 14.6 Å². The number of aryl methyl sites for hydroxylation is 1. The molecule has 1 aliphatic heterocycles. The van der Waals surface area contributed by atoms with E-state index >= 15 is 0 Å². The van der Waals surface area contributed by atoms with Crippen LogP contribution in [0.2, 0.25) is 0 Å². The van der Waals surface area contributed by atoms with Crippen molar-refractivity contribution < 1.29 is 18.3 Å². The highest BCUT2D eigenvalue weighted by Crippen LogP contribution is 2.32. The molecule has 27 heavy (non-hydrogen) atoms. The number of benzene rings is 1. The molecule has 0 saturated carbocycles. The molecule has 0 radical (unpaired) electrons. The summed E-state index contributed by atoms with van der Waals surface area (Å²) in [5.41, 5.74) is 2.88. The molecule has 2 N–H and O–H groups in total. The molecule has 1 saturated heterocycles. The molecule has 1 aromatic heterocycles. The lowest BCUT2D eigenvalue weighted by molar-refractivity contribution is -0.138. The minimum Gasteiger partial charge on any atom is -0.390 e. The molecule has 1 aromatic carbocycles. The predicted molar refractivity (Wildman–Crippen MR) is 103 cm³/mol. The van der Waals surface area contributed by atoms with E-state index in [1.807, 2.05) is 31.2 Å². The Morgan fingerprint density at radius 2 is 2.00 bits per heavy atom. The zero-order valence-corrected chi connectivity index (χ0v) is 16.5. The number of hydrogen-bond acceptors (Lipinski definition) is 5. The quantitative estimate of drug-likeness (QED) is 0.828. The topological polar surface area (TPSA) is 103 Å². The molecule has 2 heterocycles. The van der Waals surface area contributed by atoms with Crippen LogP contribution in [0.5, 0.6) is 0 Å². The lowest BCUT2D eigenvalue weighted by atomic mass is 9.97. The maximum absolute atomic E-state index is 12.8. The van der Waals surface area contributed by atoms with Crippen LogP contribution in [0.3, 0.4) is 0 Å². The molecule has 2 aromatic rings. The van der Waals surface area contributed by atoms with E-state index in [4.69, 9.17) is 0 Å². The molecule has 0 aliphatic carbocycles. The number of piperidine rings is 1. The number of aromatic amines is 1. The smallest absolute Gasteiger partial charge is 0.241 e. The van der Waals surface area contributed by atoms with E-state index in [1.165, 1.54) is 11.8 Å². The van der Waals surface area contributed by atoms with E-state index in [-0.39, 0.29) is 0 Å². The third-order valence-electron chi connectivity index (χ3n) is 5.11. The Kier molecular flexibility index (Phi) is 5.39. The van der Waals surface area contributed by atoms with Crippen molar-refractivity contribution in [3.8, 4) is 11.3 Å². The summed E-state index contributed by atoms with van der Waals surface area (Å²) in [6.45, 7) is 3.78. The summed E-state index contributed by atoms with van der Waals surface area (Å²) in [5.74, 6) is -0.0404. The monoisotopic (exact) mass is 391 g/mol. The Balaban J connectivity index is 1.92. The van der Waals surface area contributed by atoms with Gasteiger partial charge in [-0.1, -0.05) is 29.8 Å². The van der Waals surface area contributed by atoms with Gasteiger partial charge in [-0.2, -0.15) is 0 Å². The Morgan fingerprint density at radius 3 is 2.63 bits per heavy atom. The second kappa shape index (κ2) is 7.44. The molecule has 3 rings (SSSR count). The number of aliphatic hydroxyl groups excluding tert-OH is 1. The lowest BCUT2D eigenvalue weighted by Gasteiger charge is -2.39. The summed E-state index contributed by atoms with van der Waals surface area (Å²) in [6.07, 6.45) is 3.07. The van der Waals surface area contributed by atoms with Crippen LogP contribution in [-0.4, -0.2) is 58.5 Å². The summed E-state index contributed by atoms with van der Waals surface area (Å²) in [7, 11) is -3.52. The van der Waals surface area contributed by atoms with Gasteiger partial charge in [0.1, 0.15) is 17.1 Å². The van der Waals surface area contributed by atoms with Gasteiger partial charge in [-0.15, -0.1) is 0 Å². The van der Waals surface area contributed by atoms with Gasteiger partial charge in [-0.3, -0.25) is 4.79 Å². The number of nitrogens with zero attached hydrogens (tertiary/aromatic N) is 2. The van der Waals surface area contributed by atoms with Crippen molar-refractivity contribution in [3.63, 3.8) is 0 Å². The van der Waals surface area contributed by atoms with Gasteiger partial charge >= 0.3 is 0 Å². The van der Waals surface area contributed by atoms with Gasteiger partial charge in [0.15, 0.2) is 9.84 Å². The first-order chi connectivity index (χ1) is 12.7. The fourth-order valence-corrected chi connectivity index (χ4v) is 3.84. The number of nitrogens with one attached hydrogen (secondary N) is 1. The SMILES string of the molecule is Cc1ccc(-c2cnc(C3C(O)CCCN3C(=O)C(C)S(C)(=O)=O)[nH]2)cc1. The number of amides is 1. The van der Waals surface area contributed by atoms with Gasteiger partial charge in [0.05, 0.1) is 18.0 Å². The molecular formula is C19H25N3O4S. The highest BCUT2D eigenvalue weighted by atomic mass is 32.2. The first kappa shape index (κ1) is 19.6. The largest absolute Gasteiger partial charge is 0.390 e. The van der Waals surface area contributed by atoms with Gasteiger partial charge < -0.3 is 15.0 Å². The number of aromatic nitrogens is 2. The Morgan fingerprint density at radius 1 is 1.33 bits per heavy atom. The number of sulfone groups is 1. The van der Waals surface area contributed by atoms with Crippen molar-refractivity contribution in [1.29, 1.82) is 0 Å². The predicted octanol–water partition coefficient (Wildman–Crippen LogP) is 1.84. The van der Waals surface area contributed by atoms with Crippen LogP contribution < -0.4 is 0 Å². The fraction of sp³-hybridized carbons (Fsp3) is 0.474. The van der Waals surface area contributed by atoms with Crippen LogP contribution in [0.1, 0.15) is 37.2 Å². The minimum atomic E-state index is -3.52. The van der Waals surface area contributed by atoms with E-state index in [0.29, 0.717) is 25.2 Å². The van der Waals surface area contributed by atoms with Gasteiger partial charge in [0, 0.05) is 12.8 Å². The minimum absolute atomic E-state index is 0.390. The van der Waals surface area contributed by atoms with E-state index in [9.17, 15) is 18.3 Å². The molecule has 7 nitrogen and oxygen atoms in total. The molecule has 3 atom stereocenters. The van der Waals surface area contributed by atoms with Crippen molar-refractivity contribution in [1.82, 2.24) is 14.9 Å². The maximum Gasteiger partial charge on any atom is 0.241 e. The highest BCUT2D eigenvalue weighted by Gasteiger charge is 2.40. The molecule has 8 heteroatoms. The number of rotatable bonds is 4. The average molecular weight is 391 g/mol. The van der Waals surface area contributed by atoms with E-state index in [1.54, 1.807) is 6.20 Å². The summed E-state index contributed by atoms with van der Waals surface area (Å²) in [5, 5.41) is 9.38. The summed E-state index contributed by atoms with van der Waals surface area (Å²) in [4.78, 5) is 21.8. The van der Waals surface area contributed by atoms with Crippen molar-refractivity contribution in [3.05, 3.63) is 41.9 Å². The summed E-state index contributed by atoms with van der Waals surface area (Å²) >= 11 is 0. The van der Waals surface area contributed by atoms with E-state index < -0.39 is 33.1 Å². The summed E-state index contributed by atoms with van der Waals surface area (Å²) < 4.78 is 23.6. The van der Waals surface area contributed by atoms with Gasteiger partial charge in [0.2, 0.25) is 5.91 Å². The number of H-pyrrole nitrogens is 1. The Labute approximate surface area is 159 Å². The Hall–Kier alpha value is -2.19. The standard InChI is InChI=1S/C19H25N3O4S/c1-12-6-8-14(9-7-12)15-11-20-18(21-15)17-16(23)5-4-10-22(17)19(24)13(2)27(3,25)26/h6-9,11,13,16-17,23H,4-5,10H2,1-3H3,(H,20,21). The first-order valence-electron chi connectivity index (χ1n) is 8.98. The molecule has 146 valence electrons. The van der Waals surface area contributed by atoms with Crippen molar-refractivity contribution in [2.45, 2.75) is 44.1 Å². The zero-order chi connectivity index (χ0) is 19.8.